The molecule has 0 aliphatic heterocycles. The molecule has 2 aromatic heterocycles. The average Bonchev–Trinajstić information content (AvgIpc) is 3.27. The van der Waals surface area contributed by atoms with Crippen LogP contribution >= 0.6 is 23.1 Å². The lowest BCUT2D eigenvalue weighted by Gasteiger charge is -2.07. The zero-order valence-electron chi connectivity index (χ0n) is 16.6. The number of esters is 1. The number of thiazole rings is 1. The SMILES string of the molecule is CCOC(=O)Cn1c(C)c(/C=C(\C#N)Sc2nc3ccccc3s2)c2ccccc21. The summed E-state index contributed by atoms with van der Waals surface area (Å²) in [6.07, 6.45) is 1.88. The summed E-state index contributed by atoms with van der Waals surface area (Å²) in [6.45, 7) is 4.25. The van der Waals surface area contributed by atoms with Crippen molar-refractivity contribution in [1.29, 1.82) is 5.26 Å². The first-order chi connectivity index (χ1) is 14.6. The monoisotopic (exact) mass is 433 g/mol. The lowest BCUT2D eigenvalue weighted by atomic mass is 10.1. The molecule has 0 bridgehead atoms. The van der Waals surface area contributed by atoms with Gasteiger partial charge in [-0.3, -0.25) is 4.79 Å². The zero-order chi connectivity index (χ0) is 21.1. The number of allylic oxidation sites excluding steroid dienone is 1. The molecule has 0 spiro atoms. The Bertz CT molecular complexity index is 1280. The van der Waals surface area contributed by atoms with Crippen molar-refractivity contribution >= 4 is 56.3 Å². The second-order valence-electron chi connectivity index (χ2n) is 6.58. The van der Waals surface area contributed by atoms with Crippen LogP contribution in [0.4, 0.5) is 0 Å². The molecule has 0 fully saturated rings. The summed E-state index contributed by atoms with van der Waals surface area (Å²) >= 11 is 2.94. The first-order valence-electron chi connectivity index (χ1n) is 9.49. The van der Waals surface area contributed by atoms with Gasteiger partial charge in [-0.15, -0.1) is 11.3 Å². The van der Waals surface area contributed by atoms with E-state index in [4.69, 9.17) is 4.74 Å². The van der Waals surface area contributed by atoms with Gasteiger partial charge in [0.1, 0.15) is 12.6 Å². The third-order valence-electron chi connectivity index (χ3n) is 4.73. The van der Waals surface area contributed by atoms with Crippen LogP contribution in [0.1, 0.15) is 18.2 Å². The van der Waals surface area contributed by atoms with Gasteiger partial charge < -0.3 is 9.30 Å². The number of thioether (sulfide) groups is 1. The molecule has 150 valence electrons. The lowest BCUT2D eigenvalue weighted by molar-refractivity contribution is -0.143. The number of aromatic nitrogens is 2. The molecule has 0 atom stereocenters. The average molecular weight is 434 g/mol. The fraction of sp³-hybridized carbons (Fsp3) is 0.174. The van der Waals surface area contributed by atoms with E-state index in [1.807, 2.05) is 66.1 Å². The molecule has 0 N–H and O–H groups in total. The van der Waals surface area contributed by atoms with E-state index in [9.17, 15) is 10.1 Å². The molecule has 7 heteroatoms. The van der Waals surface area contributed by atoms with Crippen molar-refractivity contribution in [1.82, 2.24) is 9.55 Å². The summed E-state index contributed by atoms with van der Waals surface area (Å²) in [5, 5.41) is 10.8. The fourth-order valence-corrected chi connectivity index (χ4v) is 5.34. The van der Waals surface area contributed by atoms with Crippen molar-refractivity contribution < 1.29 is 9.53 Å². The molecule has 0 radical (unpaired) electrons. The number of hydrogen-bond acceptors (Lipinski definition) is 6. The maximum absolute atomic E-state index is 12.1. The molecule has 4 aromatic rings. The Labute approximate surface area is 182 Å². The number of rotatable bonds is 6. The summed E-state index contributed by atoms with van der Waals surface area (Å²) in [4.78, 5) is 17.3. The predicted octanol–water partition coefficient (Wildman–Crippen LogP) is 5.78. The predicted molar refractivity (Wildman–Crippen MR) is 122 cm³/mol. The van der Waals surface area contributed by atoms with Crippen molar-refractivity contribution in [2.45, 2.75) is 24.7 Å². The summed E-state index contributed by atoms with van der Waals surface area (Å²) < 4.78 is 9.00. The molecule has 2 heterocycles. The minimum absolute atomic E-state index is 0.140. The van der Waals surface area contributed by atoms with Gasteiger partial charge in [0.15, 0.2) is 4.34 Å². The number of hydrogen-bond donors (Lipinski definition) is 0. The van der Waals surface area contributed by atoms with Crippen molar-refractivity contribution in [3.63, 3.8) is 0 Å². The van der Waals surface area contributed by atoms with Crippen molar-refractivity contribution in [3.8, 4) is 6.07 Å². The van der Waals surface area contributed by atoms with Crippen LogP contribution in [0.2, 0.25) is 0 Å². The van der Waals surface area contributed by atoms with Crippen LogP contribution in [-0.2, 0) is 16.1 Å². The quantitative estimate of drug-likeness (QED) is 0.219. The lowest BCUT2D eigenvalue weighted by Crippen LogP contribution is -2.14. The van der Waals surface area contributed by atoms with Gasteiger partial charge in [0, 0.05) is 22.2 Å². The Morgan fingerprint density at radius 2 is 2.03 bits per heavy atom. The van der Waals surface area contributed by atoms with E-state index in [2.05, 4.69) is 11.1 Å². The highest BCUT2D eigenvalue weighted by atomic mass is 32.2. The Kier molecular flexibility index (Phi) is 5.88. The van der Waals surface area contributed by atoms with E-state index in [1.54, 1.807) is 18.3 Å². The standard InChI is InChI=1S/C23H19N3O2S2/c1-3-28-22(27)14-26-15(2)18(17-8-4-6-10-20(17)26)12-16(13-24)29-23-25-19-9-5-7-11-21(19)30-23/h4-12H,3,14H2,1-2H3/b16-12+. The Morgan fingerprint density at radius 3 is 2.80 bits per heavy atom. The van der Waals surface area contributed by atoms with Crippen LogP contribution < -0.4 is 0 Å². The van der Waals surface area contributed by atoms with Gasteiger partial charge in [0.2, 0.25) is 0 Å². The minimum atomic E-state index is -0.277. The van der Waals surface area contributed by atoms with Gasteiger partial charge in [0.25, 0.3) is 0 Å². The van der Waals surface area contributed by atoms with Gasteiger partial charge in [-0.1, -0.05) is 30.3 Å². The maximum Gasteiger partial charge on any atom is 0.325 e. The molecule has 0 unspecified atom stereocenters. The van der Waals surface area contributed by atoms with E-state index in [1.165, 1.54) is 11.8 Å². The minimum Gasteiger partial charge on any atom is -0.465 e. The van der Waals surface area contributed by atoms with E-state index in [-0.39, 0.29) is 12.5 Å². The van der Waals surface area contributed by atoms with Crippen molar-refractivity contribution in [2.75, 3.05) is 6.61 Å². The Balaban J connectivity index is 1.73. The van der Waals surface area contributed by atoms with Gasteiger partial charge in [-0.25, -0.2) is 4.98 Å². The molecule has 0 aliphatic carbocycles. The van der Waals surface area contributed by atoms with E-state index < -0.39 is 0 Å². The number of ether oxygens (including phenoxy) is 1. The number of fused-ring (bicyclic) bond motifs is 2. The maximum atomic E-state index is 12.1. The normalized spacial score (nSPS) is 11.7. The molecule has 30 heavy (non-hydrogen) atoms. The molecular weight excluding hydrogens is 414 g/mol. The van der Waals surface area contributed by atoms with Gasteiger partial charge in [-0.2, -0.15) is 5.26 Å². The highest BCUT2D eigenvalue weighted by molar-refractivity contribution is 8.05. The van der Waals surface area contributed by atoms with Crippen LogP contribution in [0.25, 0.3) is 27.2 Å². The summed E-state index contributed by atoms with van der Waals surface area (Å²) in [6, 6.07) is 18.1. The number of para-hydroxylation sites is 2. The number of carbonyl (C=O) groups excluding carboxylic acids is 1. The van der Waals surface area contributed by atoms with Gasteiger partial charge in [-0.05, 0) is 49.9 Å². The third-order valence-corrected chi connectivity index (χ3v) is 6.76. The summed E-state index contributed by atoms with van der Waals surface area (Å²) in [5.74, 6) is -0.277. The van der Waals surface area contributed by atoms with Crippen molar-refractivity contribution in [2.24, 2.45) is 0 Å². The van der Waals surface area contributed by atoms with Gasteiger partial charge in [0.05, 0.1) is 21.7 Å². The fourth-order valence-electron chi connectivity index (χ4n) is 3.38. The Morgan fingerprint density at radius 1 is 1.27 bits per heavy atom. The second kappa shape index (κ2) is 8.74. The van der Waals surface area contributed by atoms with Crippen LogP contribution in [-0.4, -0.2) is 22.1 Å². The van der Waals surface area contributed by atoms with Crippen LogP contribution in [0.3, 0.4) is 0 Å². The number of carbonyl (C=O) groups is 1. The topological polar surface area (TPSA) is 67.9 Å². The second-order valence-corrected chi connectivity index (χ2v) is 8.90. The molecule has 4 rings (SSSR count). The molecule has 0 saturated carbocycles. The first-order valence-corrected chi connectivity index (χ1v) is 11.1. The molecule has 0 aliphatic rings. The van der Waals surface area contributed by atoms with Crippen LogP contribution in [0.5, 0.6) is 0 Å². The summed E-state index contributed by atoms with van der Waals surface area (Å²) in [5.41, 5.74) is 3.73. The third kappa shape index (κ3) is 3.97. The highest BCUT2D eigenvalue weighted by Crippen LogP contribution is 2.36. The van der Waals surface area contributed by atoms with E-state index in [0.29, 0.717) is 11.5 Å². The van der Waals surface area contributed by atoms with Crippen LogP contribution in [0.15, 0.2) is 57.8 Å². The molecular formula is C23H19N3O2S2. The number of nitrogens with zero attached hydrogens (tertiary/aromatic N) is 3. The summed E-state index contributed by atoms with van der Waals surface area (Å²) in [7, 11) is 0. The highest BCUT2D eigenvalue weighted by Gasteiger charge is 2.16. The van der Waals surface area contributed by atoms with Crippen LogP contribution in [0, 0.1) is 18.3 Å². The largest absolute Gasteiger partial charge is 0.465 e. The Hall–Kier alpha value is -3.08. The van der Waals surface area contributed by atoms with Gasteiger partial charge >= 0.3 is 5.97 Å². The molecule has 5 nitrogen and oxygen atoms in total. The number of benzene rings is 2. The molecule has 0 saturated heterocycles. The van der Waals surface area contributed by atoms with Crippen molar-refractivity contribution in [3.05, 3.63) is 64.7 Å². The molecule has 0 amide bonds. The smallest absolute Gasteiger partial charge is 0.325 e. The van der Waals surface area contributed by atoms with E-state index >= 15 is 0 Å². The first kappa shape index (κ1) is 20.2. The van der Waals surface area contributed by atoms with E-state index in [0.717, 1.165) is 36.7 Å². The molecule has 2 aromatic carbocycles. The number of nitriles is 1. The zero-order valence-corrected chi connectivity index (χ0v) is 18.2.